The Balaban J connectivity index is 1.07. The first-order valence-electron chi connectivity index (χ1n) is 21.2. The number of rotatable bonds is 5. The highest BCUT2D eigenvalue weighted by Gasteiger charge is 2.35. The smallest absolute Gasteiger partial charge is 0.0540 e. The minimum atomic E-state index is -0.0489. The summed E-state index contributed by atoms with van der Waals surface area (Å²) in [7, 11) is 0. The summed E-state index contributed by atoms with van der Waals surface area (Å²) in [4.78, 5) is 2.46. The minimum Gasteiger partial charge on any atom is -0.310 e. The fourth-order valence-corrected chi connectivity index (χ4v) is 9.99. The Bertz CT molecular complexity index is 3060. The Morgan fingerprint density at radius 2 is 0.783 bits per heavy atom. The van der Waals surface area contributed by atoms with Gasteiger partial charge in [-0.2, -0.15) is 0 Å². The maximum Gasteiger partial charge on any atom is 0.0540 e. The average Bonchev–Trinajstić information content (AvgIpc) is 3.53. The lowest BCUT2D eigenvalue weighted by Crippen LogP contribution is -2.14. The molecule has 0 radical (unpaired) electrons. The van der Waals surface area contributed by atoms with E-state index in [1.165, 1.54) is 89.0 Å². The van der Waals surface area contributed by atoms with Crippen LogP contribution in [0.2, 0.25) is 0 Å². The summed E-state index contributed by atoms with van der Waals surface area (Å²) in [6.45, 7) is 4.71. The molecule has 286 valence electrons. The molecule has 0 fully saturated rings. The van der Waals surface area contributed by atoms with Crippen LogP contribution in [0.3, 0.4) is 0 Å². The summed E-state index contributed by atoms with van der Waals surface area (Å²) in [5, 5.41) is 0. The molecule has 0 aromatic heterocycles. The number of benzene rings is 9. The maximum absolute atomic E-state index is 2.46. The fourth-order valence-electron chi connectivity index (χ4n) is 9.99. The van der Waals surface area contributed by atoms with Gasteiger partial charge in [0.1, 0.15) is 0 Å². The van der Waals surface area contributed by atoms with Gasteiger partial charge in [0.2, 0.25) is 0 Å². The normalized spacial score (nSPS) is 13.2. The van der Waals surface area contributed by atoms with Gasteiger partial charge in [-0.05, 0) is 133 Å². The van der Waals surface area contributed by atoms with Crippen molar-refractivity contribution in [3.8, 4) is 55.6 Å². The minimum absolute atomic E-state index is 0.0489. The number of para-hydroxylation sites is 1. The quantitative estimate of drug-likeness (QED) is 0.169. The van der Waals surface area contributed by atoms with Crippen molar-refractivity contribution in [1.82, 2.24) is 0 Å². The van der Waals surface area contributed by atoms with Crippen molar-refractivity contribution in [3.05, 3.63) is 246 Å². The zero-order valence-electron chi connectivity index (χ0n) is 34.1. The Hall–Kier alpha value is -7.22. The molecule has 0 aliphatic heterocycles. The summed E-state index contributed by atoms with van der Waals surface area (Å²) >= 11 is 0. The zero-order chi connectivity index (χ0) is 40.2. The Morgan fingerprint density at radius 1 is 0.317 bits per heavy atom. The van der Waals surface area contributed by atoms with Gasteiger partial charge in [-0.15, -0.1) is 0 Å². The molecule has 9 aromatic carbocycles. The Morgan fingerprint density at radius 3 is 1.45 bits per heavy atom. The summed E-state index contributed by atoms with van der Waals surface area (Å²) in [5.41, 5.74) is 24.2. The fraction of sp³-hybridized carbons (Fsp3) is 0.0847. The van der Waals surface area contributed by atoms with E-state index >= 15 is 0 Å². The van der Waals surface area contributed by atoms with E-state index in [0.29, 0.717) is 0 Å². The molecular formula is C59H45N. The number of anilines is 3. The largest absolute Gasteiger partial charge is 0.310 e. The van der Waals surface area contributed by atoms with Crippen LogP contribution < -0.4 is 4.90 Å². The molecule has 60 heavy (non-hydrogen) atoms. The molecule has 0 N–H and O–H groups in total. The number of hydrogen-bond acceptors (Lipinski definition) is 1. The predicted molar refractivity (Wildman–Crippen MR) is 252 cm³/mol. The first kappa shape index (κ1) is 35.9. The van der Waals surface area contributed by atoms with E-state index in [2.05, 4.69) is 231 Å². The number of fused-ring (bicyclic) bond motifs is 9. The molecule has 2 aliphatic rings. The van der Waals surface area contributed by atoms with Gasteiger partial charge in [-0.1, -0.05) is 190 Å². The third kappa shape index (κ3) is 6.09. The first-order valence-corrected chi connectivity index (χ1v) is 21.2. The third-order valence-electron chi connectivity index (χ3n) is 13.0. The Kier molecular flexibility index (Phi) is 8.71. The van der Waals surface area contributed by atoms with Crippen molar-refractivity contribution in [2.75, 3.05) is 4.90 Å². The van der Waals surface area contributed by atoms with E-state index in [0.717, 1.165) is 29.9 Å². The van der Waals surface area contributed by atoms with Crippen LogP contribution in [0.4, 0.5) is 17.1 Å². The van der Waals surface area contributed by atoms with Crippen molar-refractivity contribution >= 4 is 17.1 Å². The van der Waals surface area contributed by atoms with Gasteiger partial charge in [0.05, 0.1) is 5.69 Å². The molecule has 0 heterocycles. The second kappa shape index (κ2) is 14.6. The van der Waals surface area contributed by atoms with E-state index in [1.54, 1.807) is 0 Å². The molecule has 0 bridgehead atoms. The van der Waals surface area contributed by atoms with E-state index < -0.39 is 0 Å². The van der Waals surface area contributed by atoms with Crippen molar-refractivity contribution in [2.24, 2.45) is 0 Å². The Labute approximate surface area is 353 Å². The second-order valence-corrected chi connectivity index (χ2v) is 16.9. The van der Waals surface area contributed by atoms with Crippen LogP contribution >= 0.6 is 0 Å². The molecule has 1 nitrogen and oxygen atoms in total. The SMILES string of the molecule is CC1(C)c2ccccc2-c2ccc(-c3ccc(N(c4ccc5c(c4)Cc4ccccc4-c4ccccc4Cc4ccccc4-5)c4ccccc4-c4ccccc4)cc3)cc21. The van der Waals surface area contributed by atoms with Crippen molar-refractivity contribution in [3.63, 3.8) is 0 Å². The molecule has 0 atom stereocenters. The van der Waals surface area contributed by atoms with Gasteiger partial charge in [0.25, 0.3) is 0 Å². The van der Waals surface area contributed by atoms with Gasteiger partial charge in [-0.3, -0.25) is 0 Å². The number of hydrogen-bond donors (Lipinski definition) is 0. The van der Waals surface area contributed by atoms with Crippen LogP contribution in [-0.2, 0) is 18.3 Å². The van der Waals surface area contributed by atoms with Crippen molar-refractivity contribution < 1.29 is 0 Å². The van der Waals surface area contributed by atoms with Crippen LogP contribution in [-0.4, -0.2) is 0 Å². The molecular weight excluding hydrogens is 723 g/mol. The maximum atomic E-state index is 2.46. The molecule has 0 saturated heterocycles. The molecule has 0 unspecified atom stereocenters. The molecule has 0 amide bonds. The molecule has 1 heteroatoms. The van der Waals surface area contributed by atoms with E-state index in [-0.39, 0.29) is 5.41 Å². The lowest BCUT2D eigenvalue weighted by molar-refractivity contribution is 0.660. The topological polar surface area (TPSA) is 3.24 Å². The van der Waals surface area contributed by atoms with Crippen LogP contribution in [0.1, 0.15) is 47.2 Å². The highest BCUT2D eigenvalue weighted by atomic mass is 15.1. The molecule has 0 spiro atoms. The summed E-state index contributed by atoms with van der Waals surface area (Å²) in [6, 6.07) is 78.8. The van der Waals surface area contributed by atoms with Crippen LogP contribution in [0.25, 0.3) is 55.6 Å². The van der Waals surface area contributed by atoms with Crippen LogP contribution in [0, 0.1) is 0 Å². The summed E-state index contributed by atoms with van der Waals surface area (Å²) in [6.07, 6.45) is 1.69. The average molecular weight is 768 g/mol. The first-order chi connectivity index (χ1) is 29.5. The van der Waals surface area contributed by atoms with E-state index in [4.69, 9.17) is 0 Å². The van der Waals surface area contributed by atoms with Gasteiger partial charge in [0, 0.05) is 22.4 Å². The lowest BCUT2D eigenvalue weighted by atomic mass is 9.81. The molecule has 2 aliphatic carbocycles. The van der Waals surface area contributed by atoms with Crippen LogP contribution in [0.15, 0.2) is 212 Å². The monoisotopic (exact) mass is 767 g/mol. The summed E-state index contributed by atoms with van der Waals surface area (Å²) < 4.78 is 0. The molecule has 11 rings (SSSR count). The van der Waals surface area contributed by atoms with Crippen molar-refractivity contribution in [1.29, 1.82) is 0 Å². The van der Waals surface area contributed by atoms with E-state index in [1.807, 2.05) is 0 Å². The number of nitrogens with zero attached hydrogens (tertiary/aromatic N) is 1. The van der Waals surface area contributed by atoms with Crippen LogP contribution in [0.5, 0.6) is 0 Å². The highest BCUT2D eigenvalue weighted by Crippen LogP contribution is 2.50. The van der Waals surface area contributed by atoms with Gasteiger partial charge < -0.3 is 4.90 Å². The summed E-state index contributed by atoms with van der Waals surface area (Å²) in [5.74, 6) is 0. The zero-order valence-corrected chi connectivity index (χ0v) is 34.1. The van der Waals surface area contributed by atoms with Gasteiger partial charge >= 0.3 is 0 Å². The third-order valence-corrected chi connectivity index (χ3v) is 13.0. The second-order valence-electron chi connectivity index (χ2n) is 16.9. The van der Waals surface area contributed by atoms with Crippen molar-refractivity contribution in [2.45, 2.75) is 32.1 Å². The highest BCUT2D eigenvalue weighted by molar-refractivity contribution is 5.90. The van der Waals surface area contributed by atoms with Gasteiger partial charge in [0.15, 0.2) is 0 Å². The lowest BCUT2D eigenvalue weighted by Gasteiger charge is -2.29. The molecule has 9 aromatic rings. The predicted octanol–water partition coefficient (Wildman–Crippen LogP) is 15.6. The standard InChI is InChI=1S/C59H45N/c1-59(2)56-26-14-12-25-54(56)55-34-30-42(39-57(55)59)40-28-31-47(32-29-40)60(58-27-15-13-24-53(58)41-16-4-3-5-17-41)48-33-35-52-46(38-48)37-45-20-8-10-22-50(45)49-21-9-6-18-43(49)36-44-19-7-11-23-51(44)52/h3-35,38-39H,36-37H2,1-2H3. The van der Waals surface area contributed by atoms with E-state index in [9.17, 15) is 0 Å². The molecule has 0 saturated carbocycles. The van der Waals surface area contributed by atoms with Gasteiger partial charge in [-0.25, -0.2) is 0 Å².